The van der Waals surface area contributed by atoms with E-state index in [2.05, 4.69) is 9.97 Å². The highest BCUT2D eigenvalue weighted by molar-refractivity contribution is 6.28. The molecule has 2 rings (SSSR count). The summed E-state index contributed by atoms with van der Waals surface area (Å²) in [5.74, 6) is -0.345. The van der Waals surface area contributed by atoms with E-state index in [-0.39, 0.29) is 11.1 Å². The predicted molar refractivity (Wildman–Crippen MR) is 59.1 cm³/mol. The zero-order valence-corrected chi connectivity index (χ0v) is 9.71. The number of aromatic nitrogens is 2. The second-order valence-corrected chi connectivity index (χ2v) is 4.67. The summed E-state index contributed by atoms with van der Waals surface area (Å²) in [6.45, 7) is 2.76. The number of aliphatic hydroxyl groups is 1. The van der Waals surface area contributed by atoms with E-state index in [9.17, 15) is 9.50 Å². The van der Waals surface area contributed by atoms with Crippen molar-refractivity contribution in [1.82, 2.24) is 9.97 Å². The van der Waals surface area contributed by atoms with E-state index in [0.29, 0.717) is 19.5 Å². The molecule has 1 aliphatic rings. The van der Waals surface area contributed by atoms with Crippen molar-refractivity contribution in [3.8, 4) is 0 Å². The maximum absolute atomic E-state index is 13.5. The van der Waals surface area contributed by atoms with Gasteiger partial charge >= 0.3 is 0 Å². The zero-order chi connectivity index (χ0) is 11.8. The number of rotatable bonds is 1. The second-order valence-electron chi connectivity index (χ2n) is 4.33. The van der Waals surface area contributed by atoms with Gasteiger partial charge in [-0.15, -0.1) is 0 Å². The fraction of sp³-hybridized carbons (Fsp3) is 0.600. The second kappa shape index (κ2) is 4.14. The first-order chi connectivity index (χ1) is 7.48. The van der Waals surface area contributed by atoms with Gasteiger partial charge in [-0.25, -0.2) is 9.37 Å². The summed E-state index contributed by atoms with van der Waals surface area (Å²) >= 11 is 5.63. The van der Waals surface area contributed by atoms with Crippen LogP contribution in [-0.4, -0.2) is 33.8 Å². The molecule has 0 aliphatic carbocycles. The molecule has 0 saturated carbocycles. The minimum Gasteiger partial charge on any atom is -0.388 e. The predicted octanol–water partition coefficient (Wildman–Crippen LogP) is 1.62. The van der Waals surface area contributed by atoms with Gasteiger partial charge in [-0.1, -0.05) is 0 Å². The van der Waals surface area contributed by atoms with E-state index in [0.717, 1.165) is 12.6 Å². The van der Waals surface area contributed by atoms with Gasteiger partial charge in [-0.2, -0.15) is 4.98 Å². The molecule has 1 fully saturated rings. The van der Waals surface area contributed by atoms with Gasteiger partial charge in [0, 0.05) is 13.1 Å². The van der Waals surface area contributed by atoms with Crippen molar-refractivity contribution in [2.45, 2.75) is 25.4 Å². The van der Waals surface area contributed by atoms with Crippen molar-refractivity contribution in [3.05, 3.63) is 17.3 Å². The van der Waals surface area contributed by atoms with Crippen LogP contribution in [0.2, 0.25) is 5.28 Å². The van der Waals surface area contributed by atoms with Crippen molar-refractivity contribution < 1.29 is 9.50 Å². The highest BCUT2D eigenvalue weighted by Gasteiger charge is 2.30. The zero-order valence-electron chi connectivity index (χ0n) is 8.95. The Kier molecular flexibility index (Phi) is 2.99. The summed E-state index contributed by atoms with van der Waals surface area (Å²) in [6, 6.07) is 0. The summed E-state index contributed by atoms with van der Waals surface area (Å²) in [6.07, 6.45) is 2.56. The number of piperidine rings is 1. The lowest BCUT2D eigenvalue weighted by Gasteiger charge is -2.37. The van der Waals surface area contributed by atoms with Crippen LogP contribution in [-0.2, 0) is 0 Å². The van der Waals surface area contributed by atoms with E-state index in [1.165, 1.54) is 0 Å². The smallest absolute Gasteiger partial charge is 0.224 e. The van der Waals surface area contributed by atoms with E-state index < -0.39 is 11.4 Å². The lowest BCUT2D eigenvalue weighted by Crippen LogP contribution is -2.46. The van der Waals surface area contributed by atoms with Gasteiger partial charge in [-0.3, -0.25) is 0 Å². The Bertz CT molecular complexity index is 400. The first-order valence-electron chi connectivity index (χ1n) is 5.13. The first-order valence-corrected chi connectivity index (χ1v) is 5.51. The molecule has 0 aromatic carbocycles. The summed E-state index contributed by atoms with van der Waals surface area (Å²) in [7, 11) is 0. The topological polar surface area (TPSA) is 49.2 Å². The van der Waals surface area contributed by atoms with Crippen LogP contribution in [0.25, 0.3) is 0 Å². The molecule has 0 bridgehead atoms. The quantitative estimate of drug-likeness (QED) is 0.764. The molecule has 1 atom stereocenters. The molecule has 2 heterocycles. The SMILES string of the molecule is CC1(O)CCCN(c2nc(Cl)ncc2F)C1. The number of anilines is 1. The van der Waals surface area contributed by atoms with E-state index in [1.54, 1.807) is 11.8 Å². The molecular weight excluding hydrogens is 233 g/mol. The summed E-state index contributed by atoms with van der Waals surface area (Å²) in [5, 5.41) is 9.94. The van der Waals surface area contributed by atoms with Crippen LogP contribution in [0.3, 0.4) is 0 Å². The third-order valence-corrected chi connectivity index (χ3v) is 2.85. The molecular formula is C10H13ClFN3O. The number of nitrogens with zero attached hydrogens (tertiary/aromatic N) is 3. The van der Waals surface area contributed by atoms with Crippen LogP contribution < -0.4 is 4.90 Å². The fourth-order valence-corrected chi connectivity index (χ4v) is 2.09. The van der Waals surface area contributed by atoms with Crippen LogP contribution in [0.4, 0.5) is 10.2 Å². The Balaban J connectivity index is 2.26. The molecule has 4 nitrogen and oxygen atoms in total. The Morgan fingerprint density at radius 3 is 3.06 bits per heavy atom. The van der Waals surface area contributed by atoms with Crippen LogP contribution >= 0.6 is 11.6 Å². The van der Waals surface area contributed by atoms with Crippen molar-refractivity contribution >= 4 is 17.4 Å². The van der Waals surface area contributed by atoms with E-state index in [4.69, 9.17) is 11.6 Å². The normalized spacial score (nSPS) is 25.9. The third kappa shape index (κ3) is 2.41. The molecule has 1 unspecified atom stereocenters. The molecule has 1 aromatic heterocycles. The molecule has 0 amide bonds. The minimum absolute atomic E-state index is 0.0154. The Hall–Kier alpha value is -0.940. The molecule has 1 aliphatic heterocycles. The van der Waals surface area contributed by atoms with Gasteiger partial charge in [0.25, 0.3) is 0 Å². The standard InChI is InChI=1S/C10H13ClFN3O/c1-10(16)3-2-4-15(6-10)8-7(12)5-13-9(11)14-8/h5,16H,2-4,6H2,1H3. The van der Waals surface area contributed by atoms with Gasteiger partial charge in [0.15, 0.2) is 11.6 Å². The summed E-state index contributed by atoms with van der Waals surface area (Å²) in [4.78, 5) is 9.12. The Morgan fingerprint density at radius 2 is 2.38 bits per heavy atom. The minimum atomic E-state index is -0.803. The maximum atomic E-state index is 13.5. The summed E-state index contributed by atoms with van der Waals surface area (Å²) < 4.78 is 13.5. The van der Waals surface area contributed by atoms with Crippen molar-refractivity contribution in [2.75, 3.05) is 18.0 Å². The monoisotopic (exact) mass is 245 g/mol. The lowest BCUT2D eigenvalue weighted by molar-refractivity contribution is 0.0445. The number of hydrogen-bond donors (Lipinski definition) is 1. The molecule has 0 spiro atoms. The van der Waals surface area contributed by atoms with Crippen molar-refractivity contribution in [3.63, 3.8) is 0 Å². The molecule has 0 radical (unpaired) electrons. The van der Waals surface area contributed by atoms with Crippen LogP contribution in [0.1, 0.15) is 19.8 Å². The first kappa shape index (κ1) is 11.5. The average molecular weight is 246 g/mol. The summed E-state index contributed by atoms with van der Waals surface area (Å²) in [5.41, 5.74) is -0.803. The Morgan fingerprint density at radius 1 is 1.62 bits per heavy atom. The van der Waals surface area contributed by atoms with Gasteiger partial charge < -0.3 is 10.0 Å². The molecule has 1 N–H and O–H groups in total. The maximum Gasteiger partial charge on any atom is 0.224 e. The lowest BCUT2D eigenvalue weighted by atomic mass is 9.95. The molecule has 88 valence electrons. The third-order valence-electron chi connectivity index (χ3n) is 2.67. The average Bonchev–Trinajstić information content (AvgIpc) is 2.20. The highest BCUT2D eigenvalue weighted by atomic mass is 35.5. The Labute approximate surface area is 98.1 Å². The van der Waals surface area contributed by atoms with Crippen molar-refractivity contribution in [2.24, 2.45) is 0 Å². The van der Waals surface area contributed by atoms with Gasteiger partial charge in [0.1, 0.15) is 0 Å². The van der Waals surface area contributed by atoms with Gasteiger partial charge in [0.2, 0.25) is 5.28 Å². The molecule has 1 aromatic rings. The molecule has 1 saturated heterocycles. The van der Waals surface area contributed by atoms with Gasteiger partial charge in [0.05, 0.1) is 11.8 Å². The van der Waals surface area contributed by atoms with Crippen LogP contribution in [0, 0.1) is 5.82 Å². The largest absolute Gasteiger partial charge is 0.388 e. The molecule has 16 heavy (non-hydrogen) atoms. The number of hydrogen-bond acceptors (Lipinski definition) is 4. The van der Waals surface area contributed by atoms with Gasteiger partial charge in [-0.05, 0) is 31.4 Å². The van der Waals surface area contributed by atoms with Crippen LogP contribution in [0.15, 0.2) is 6.20 Å². The number of halogens is 2. The van der Waals surface area contributed by atoms with Crippen molar-refractivity contribution in [1.29, 1.82) is 0 Å². The van der Waals surface area contributed by atoms with E-state index in [1.807, 2.05) is 0 Å². The highest BCUT2D eigenvalue weighted by Crippen LogP contribution is 2.26. The fourth-order valence-electron chi connectivity index (χ4n) is 1.96. The van der Waals surface area contributed by atoms with Crippen LogP contribution in [0.5, 0.6) is 0 Å². The number of β-amino-alcohol motifs (C(OH)–C–C–N with tert-alkyl or cyclic N) is 1. The molecule has 6 heteroatoms. The van der Waals surface area contributed by atoms with E-state index >= 15 is 0 Å².